The Morgan fingerprint density at radius 3 is 2.06 bits per heavy atom. The second-order valence-electron chi connectivity index (χ2n) is 3.14. The number of methoxy groups -OCH3 is 2. The molecule has 1 unspecified atom stereocenters. The summed E-state index contributed by atoms with van der Waals surface area (Å²) in [7, 11) is 3.06. The van der Waals surface area contributed by atoms with Crippen LogP contribution < -0.4 is 28.3 Å². The topological polar surface area (TPSA) is 35.5 Å². The van der Waals surface area contributed by atoms with Crippen LogP contribution in [-0.2, 0) is 0 Å². The van der Waals surface area contributed by atoms with Crippen LogP contribution in [0.3, 0.4) is 0 Å². The monoisotopic (exact) mass is 302 g/mol. The predicted octanol–water partition coefficient (Wildman–Crippen LogP) is 0.966. The van der Waals surface area contributed by atoms with Crippen LogP contribution in [0.1, 0.15) is 18.7 Å². The van der Waals surface area contributed by atoms with Gasteiger partial charge in [-0.05, 0) is 20.8 Å². The van der Waals surface area contributed by atoms with Crippen LogP contribution in [-0.4, -0.2) is 25.9 Å². The van der Waals surface area contributed by atoms with Crippen LogP contribution in [0.15, 0.2) is 6.07 Å². The first-order valence-electron chi connectivity index (χ1n) is 4.94. The molecular formula is C11H14Cl2LiO3P. The van der Waals surface area contributed by atoms with Crippen molar-refractivity contribution in [3.05, 3.63) is 21.7 Å². The van der Waals surface area contributed by atoms with E-state index >= 15 is 0 Å². The maximum atomic E-state index is 12.0. The molecule has 0 saturated heterocycles. The zero-order chi connectivity index (χ0) is 13.0. The maximum Gasteiger partial charge on any atom is 1.00 e. The first-order chi connectivity index (χ1) is 8.06. The van der Waals surface area contributed by atoms with Crippen LogP contribution in [0.4, 0.5) is 0 Å². The zero-order valence-corrected chi connectivity index (χ0v) is 13.3. The third kappa shape index (κ3) is 3.79. The maximum absolute atomic E-state index is 12.0. The van der Waals surface area contributed by atoms with Gasteiger partial charge in [0, 0.05) is 0 Å². The summed E-state index contributed by atoms with van der Waals surface area (Å²) in [4.78, 5) is 12.0. The van der Waals surface area contributed by atoms with Crippen LogP contribution in [0.5, 0.6) is 11.5 Å². The van der Waals surface area contributed by atoms with Crippen LogP contribution in [0.2, 0.25) is 10.0 Å². The van der Waals surface area contributed by atoms with Crippen LogP contribution in [0, 0.1) is 0 Å². The number of benzene rings is 1. The second kappa shape index (κ2) is 8.30. The number of halogens is 2. The van der Waals surface area contributed by atoms with Crippen molar-refractivity contribution in [1.82, 2.24) is 0 Å². The zero-order valence-electron chi connectivity index (χ0n) is 11.8. The summed E-state index contributed by atoms with van der Waals surface area (Å²) in [5.41, 5.74) is 0.262. The number of ether oxygens (including phenoxy) is 2. The van der Waals surface area contributed by atoms with Gasteiger partial charge in [0.2, 0.25) is 0 Å². The van der Waals surface area contributed by atoms with E-state index in [9.17, 15) is 4.79 Å². The summed E-state index contributed by atoms with van der Waals surface area (Å²) in [5, 5.41) is 0.616. The van der Waals surface area contributed by atoms with Crippen molar-refractivity contribution < 1.29 is 34.6 Å². The molecule has 0 heterocycles. The van der Waals surface area contributed by atoms with Crippen molar-refractivity contribution >= 4 is 37.3 Å². The number of hydrogen-bond donors (Lipinski definition) is 0. The molecule has 3 nitrogen and oxygen atoms in total. The van der Waals surface area contributed by atoms with Crippen molar-refractivity contribution in [3.8, 4) is 11.5 Å². The molecule has 0 bridgehead atoms. The van der Waals surface area contributed by atoms with E-state index in [1.165, 1.54) is 20.3 Å². The molecule has 0 radical (unpaired) electrons. The van der Waals surface area contributed by atoms with Gasteiger partial charge in [-0.3, -0.25) is 4.79 Å². The fourth-order valence-corrected chi connectivity index (χ4v) is 2.78. The van der Waals surface area contributed by atoms with Crippen molar-refractivity contribution in [1.29, 1.82) is 0 Å². The summed E-state index contributed by atoms with van der Waals surface area (Å²) in [6.45, 7) is 1.93. The quantitative estimate of drug-likeness (QED) is 0.600. The Morgan fingerprint density at radius 1 is 1.28 bits per heavy atom. The molecule has 0 aromatic heterocycles. The van der Waals surface area contributed by atoms with E-state index in [-0.39, 0.29) is 34.4 Å². The van der Waals surface area contributed by atoms with Crippen LogP contribution >= 0.6 is 31.8 Å². The Balaban J connectivity index is 0. The molecule has 0 N–H and O–H groups in total. The average molecular weight is 303 g/mol. The van der Waals surface area contributed by atoms with Gasteiger partial charge in [-0.25, -0.2) is 0 Å². The SMILES string of the molecule is CCPC(=O)c1c(OC)c(Cl)cc(Cl)c1OC.[H-].[Li+]. The van der Waals surface area contributed by atoms with E-state index in [1.807, 2.05) is 6.92 Å². The van der Waals surface area contributed by atoms with Gasteiger partial charge in [0.1, 0.15) is 5.56 Å². The van der Waals surface area contributed by atoms with E-state index in [0.29, 0.717) is 27.1 Å². The van der Waals surface area contributed by atoms with Crippen molar-refractivity contribution in [2.45, 2.75) is 6.92 Å². The summed E-state index contributed by atoms with van der Waals surface area (Å²) in [6, 6.07) is 1.51. The molecule has 1 aromatic carbocycles. The van der Waals surface area contributed by atoms with E-state index in [0.717, 1.165) is 6.16 Å². The molecular weight excluding hydrogens is 289 g/mol. The summed E-state index contributed by atoms with van der Waals surface area (Å²) < 4.78 is 10.3. The minimum Gasteiger partial charge on any atom is -1.00 e. The molecule has 0 amide bonds. The minimum absolute atomic E-state index is 0. The fourth-order valence-electron chi connectivity index (χ4n) is 1.44. The average Bonchev–Trinajstić information content (AvgIpc) is 2.28. The van der Waals surface area contributed by atoms with Crippen molar-refractivity contribution in [2.75, 3.05) is 20.4 Å². The Hall–Kier alpha value is 0.0974. The number of carbonyl (C=O) groups excluding carboxylic acids is 1. The van der Waals surface area contributed by atoms with Gasteiger partial charge < -0.3 is 10.9 Å². The predicted molar refractivity (Wildman–Crippen MR) is 73.9 cm³/mol. The summed E-state index contributed by atoms with van der Waals surface area (Å²) in [5.74, 6) is 0.637. The molecule has 1 rings (SSSR count). The molecule has 0 spiro atoms. The van der Waals surface area contributed by atoms with Gasteiger partial charge in [0.15, 0.2) is 17.0 Å². The number of carbonyl (C=O) groups is 1. The molecule has 0 aliphatic rings. The molecule has 1 aromatic rings. The van der Waals surface area contributed by atoms with E-state index in [1.54, 1.807) is 0 Å². The Labute approximate surface area is 132 Å². The van der Waals surface area contributed by atoms with Crippen molar-refractivity contribution in [2.24, 2.45) is 0 Å². The molecule has 18 heavy (non-hydrogen) atoms. The Bertz CT molecular complexity index is 418. The fraction of sp³-hybridized carbons (Fsp3) is 0.364. The molecule has 7 heteroatoms. The van der Waals surface area contributed by atoms with Gasteiger partial charge in [-0.2, -0.15) is 0 Å². The molecule has 0 aliphatic heterocycles. The van der Waals surface area contributed by atoms with E-state index in [4.69, 9.17) is 32.7 Å². The first-order valence-corrected chi connectivity index (χ1v) is 6.91. The molecule has 96 valence electrons. The van der Waals surface area contributed by atoms with E-state index < -0.39 is 0 Å². The molecule has 0 saturated carbocycles. The first kappa shape index (κ1) is 18.1. The summed E-state index contributed by atoms with van der Waals surface area (Å²) >= 11 is 12.0. The minimum atomic E-state index is -0.0643. The summed E-state index contributed by atoms with van der Waals surface area (Å²) in [6.07, 6.45) is 0.759. The largest absolute Gasteiger partial charge is 1.00 e. The molecule has 1 atom stereocenters. The third-order valence-electron chi connectivity index (χ3n) is 2.11. The van der Waals surface area contributed by atoms with Gasteiger partial charge in [-0.1, -0.05) is 30.1 Å². The van der Waals surface area contributed by atoms with Crippen molar-refractivity contribution in [3.63, 3.8) is 0 Å². The number of rotatable bonds is 5. The molecule has 0 fully saturated rings. The Morgan fingerprint density at radius 2 is 1.72 bits per heavy atom. The standard InChI is InChI=1S/C11H13Cl2O3P.Li.H/c1-4-17-11(14)8-9(15-2)6(12)5-7(13)10(8)16-3;;/h5,17H,4H2,1-3H3;;/q;+1;-1. The smallest absolute Gasteiger partial charge is 1.00 e. The van der Waals surface area contributed by atoms with Gasteiger partial charge in [0.05, 0.1) is 24.3 Å². The van der Waals surface area contributed by atoms with Gasteiger partial charge in [-0.15, -0.1) is 0 Å². The second-order valence-corrected chi connectivity index (χ2v) is 5.47. The van der Waals surface area contributed by atoms with E-state index in [2.05, 4.69) is 0 Å². The normalized spacial score (nSPS) is 10.3. The Kier molecular flexibility index (Phi) is 8.35. The van der Waals surface area contributed by atoms with Gasteiger partial charge in [0.25, 0.3) is 0 Å². The van der Waals surface area contributed by atoms with Crippen LogP contribution in [0.25, 0.3) is 0 Å². The third-order valence-corrected chi connectivity index (χ3v) is 3.60. The number of hydrogen-bond acceptors (Lipinski definition) is 3. The molecule has 0 aliphatic carbocycles. The van der Waals surface area contributed by atoms with Gasteiger partial charge >= 0.3 is 18.9 Å².